The number of fused-ring (bicyclic) bond motifs is 3. The Morgan fingerprint density at radius 1 is 1.13 bits per heavy atom. The SMILES string of the molecule is O=C(NCCS(=O)(=O)O)c1cc(F)c2nc(N3[C@@H]4CC[C@H]3C[C@@H](OC(=O)c3c(-c5c(Cl)cccc5Cl)noc3C3CC3)C4)sc2c1. The average molecular weight is 710 g/mol. The predicted octanol–water partition coefficient (Wildman–Crippen LogP) is 6.25. The molecule has 4 aromatic rings. The molecule has 1 amide bonds. The van der Waals surface area contributed by atoms with Crippen LogP contribution in [0, 0.1) is 5.82 Å². The van der Waals surface area contributed by atoms with Crippen molar-refractivity contribution in [2.45, 2.75) is 62.6 Å². The van der Waals surface area contributed by atoms with E-state index >= 15 is 4.39 Å². The number of rotatable bonds is 9. The number of hydrogen-bond acceptors (Lipinski definition) is 10. The molecule has 2 saturated heterocycles. The maximum atomic E-state index is 15.1. The fourth-order valence-electron chi connectivity index (χ4n) is 6.38. The zero-order valence-corrected chi connectivity index (χ0v) is 27.2. The number of nitrogens with zero attached hydrogens (tertiary/aromatic N) is 3. The quantitative estimate of drug-likeness (QED) is 0.151. The van der Waals surface area contributed by atoms with Gasteiger partial charge in [0.1, 0.15) is 22.9 Å². The van der Waals surface area contributed by atoms with Crippen LogP contribution in [0.2, 0.25) is 10.0 Å². The van der Waals surface area contributed by atoms with Crippen LogP contribution in [-0.2, 0) is 14.9 Å². The maximum Gasteiger partial charge on any atom is 0.344 e. The molecule has 242 valence electrons. The molecule has 2 N–H and O–H groups in total. The van der Waals surface area contributed by atoms with Gasteiger partial charge in [-0.3, -0.25) is 9.35 Å². The Hall–Kier alpha value is -3.30. The highest BCUT2D eigenvalue weighted by molar-refractivity contribution is 7.85. The smallest absolute Gasteiger partial charge is 0.344 e. The molecule has 3 atom stereocenters. The fraction of sp³-hybridized carbons (Fsp3) is 0.400. The summed E-state index contributed by atoms with van der Waals surface area (Å²) < 4.78 is 58.0. The molecule has 3 aliphatic rings. The largest absolute Gasteiger partial charge is 0.458 e. The predicted molar refractivity (Wildman–Crippen MR) is 170 cm³/mol. The maximum absolute atomic E-state index is 15.1. The molecule has 11 nitrogen and oxygen atoms in total. The van der Waals surface area contributed by atoms with Crippen molar-refractivity contribution in [2.24, 2.45) is 0 Å². The first kappa shape index (κ1) is 31.3. The number of thiazole rings is 1. The molecule has 2 aromatic heterocycles. The lowest BCUT2D eigenvalue weighted by molar-refractivity contribution is 0.0202. The fourth-order valence-corrected chi connectivity index (χ4v) is 8.48. The van der Waals surface area contributed by atoms with E-state index in [1.165, 1.54) is 17.4 Å². The number of benzene rings is 2. The van der Waals surface area contributed by atoms with Crippen LogP contribution in [0.15, 0.2) is 34.9 Å². The summed E-state index contributed by atoms with van der Waals surface area (Å²) in [5.74, 6) is -1.95. The van der Waals surface area contributed by atoms with Crippen molar-refractivity contribution in [3.8, 4) is 11.3 Å². The summed E-state index contributed by atoms with van der Waals surface area (Å²) in [5, 5.41) is 7.87. The van der Waals surface area contributed by atoms with Gasteiger partial charge in [0, 0.05) is 48.5 Å². The van der Waals surface area contributed by atoms with Crippen LogP contribution < -0.4 is 10.2 Å². The van der Waals surface area contributed by atoms with Gasteiger partial charge < -0.3 is 19.5 Å². The summed E-state index contributed by atoms with van der Waals surface area (Å²) >= 11 is 14.2. The standard InChI is InChI=1S/C30H27Cl2FN4O7S2/c31-19-2-1-3-20(32)23(19)26-24(27(44-36-26)14-4-5-14)29(39)43-18-12-16-6-7-17(13-18)37(16)30-35-25-21(33)10-15(11-22(25)45-30)28(38)34-8-9-46(40,41)42/h1-3,10-11,14,16-18H,4-9,12-13H2,(H,34,38)(H,40,41,42)/t16-,17+,18+. The highest BCUT2D eigenvalue weighted by Crippen LogP contribution is 2.47. The number of halogens is 3. The first-order chi connectivity index (χ1) is 22.0. The van der Waals surface area contributed by atoms with E-state index in [4.69, 9.17) is 37.0 Å². The van der Waals surface area contributed by atoms with Crippen molar-refractivity contribution in [3.63, 3.8) is 0 Å². The second kappa shape index (κ2) is 12.1. The van der Waals surface area contributed by atoms with Crippen LogP contribution in [0.4, 0.5) is 9.52 Å². The number of anilines is 1. The Balaban J connectivity index is 1.08. The number of nitrogens with one attached hydrogen (secondary N) is 1. The molecule has 46 heavy (non-hydrogen) atoms. The van der Waals surface area contributed by atoms with Gasteiger partial charge in [-0.05, 0) is 49.9 Å². The van der Waals surface area contributed by atoms with Crippen molar-refractivity contribution in [1.29, 1.82) is 0 Å². The van der Waals surface area contributed by atoms with E-state index in [9.17, 15) is 18.0 Å². The van der Waals surface area contributed by atoms with E-state index in [2.05, 4.69) is 20.4 Å². The van der Waals surface area contributed by atoms with Crippen LogP contribution in [-0.4, -0.2) is 65.5 Å². The number of piperidine rings is 1. The minimum Gasteiger partial charge on any atom is -0.458 e. The van der Waals surface area contributed by atoms with Crippen molar-refractivity contribution in [3.05, 3.63) is 63.1 Å². The number of aromatic nitrogens is 2. The lowest BCUT2D eigenvalue weighted by Gasteiger charge is -2.38. The van der Waals surface area contributed by atoms with Gasteiger partial charge >= 0.3 is 5.97 Å². The highest BCUT2D eigenvalue weighted by atomic mass is 35.5. The Morgan fingerprint density at radius 2 is 1.83 bits per heavy atom. The molecule has 2 aliphatic heterocycles. The number of ether oxygens (including phenoxy) is 1. The van der Waals surface area contributed by atoms with E-state index in [1.807, 2.05) is 0 Å². The number of hydrogen-bond donors (Lipinski definition) is 2. The molecule has 1 saturated carbocycles. The topological polar surface area (TPSA) is 152 Å². The van der Waals surface area contributed by atoms with Gasteiger partial charge in [-0.1, -0.05) is 45.8 Å². The summed E-state index contributed by atoms with van der Waals surface area (Å²) in [4.78, 5) is 33.0. The second-order valence-corrected chi connectivity index (χ2v) is 15.2. The summed E-state index contributed by atoms with van der Waals surface area (Å²) in [6.45, 7) is -0.317. The molecular weight excluding hydrogens is 682 g/mol. The van der Waals surface area contributed by atoms with Crippen LogP contribution in [0.25, 0.3) is 21.5 Å². The molecule has 0 unspecified atom stereocenters. The molecule has 1 aliphatic carbocycles. The lowest BCUT2D eigenvalue weighted by atomic mass is 9.99. The van der Waals surface area contributed by atoms with E-state index in [0.717, 1.165) is 31.7 Å². The third-order valence-corrected chi connectivity index (χ3v) is 11.0. The van der Waals surface area contributed by atoms with Crippen molar-refractivity contribution >= 4 is 71.9 Å². The number of carbonyl (C=O) groups is 2. The minimum atomic E-state index is -4.25. The van der Waals surface area contributed by atoms with Crippen LogP contribution in [0.3, 0.4) is 0 Å². The molecule has 4 heterocycles. The van der Waals surface area contributed by atoms with Gasteiger partial charge in [0.2, 0.25) is 0 Å². The molecule has 0 spiro atoms. The molecule has 3 fully saturated rings. The molecule has 0 radical (unpaired) electrons. The van der Waals surface area contributed by atoms with Gasteiger partial charge in [-0.15, -0.1) is 0 Å². The molecular formula is C30H27Cl2FN4O7S2. The van der Waals surface area contributed by atoms with Gasteiger partial charge in [0.15, 0.2) is 16.7 Å². The van der Waals surface area contributed by atoms with Crippen molar-refractivity contribution in [1.82, 2.24) is 15.5 Å². The van der Waals surface area contributed by atoms with Gasteiger partial charge in [0.05, 0.1) is 20.5 Å². The number of carbonyl (C=O) groups excluding carboxylic acids is 2. The lowest BCUT2D eigenvalue weighted by Crippen LogP contribution is -2.46. The Morgan fingerprint density at radius 3 is 2.48 bits per heavy atom. The molecule has 16 heteroatoms. The van der Waals surface area contributed by atoms with Gasteiger partial charge in [0.25, 0.3) is 16.0 Å². The van der Waals surface area contributed by atoms with Crippen LogP contribution >= 0.6 is 34.5 Å². The Kier molecular flexibility index (Phi) is 8.20. The highest BCUT2D eigenvalue weighted by Gasteiger charge is 2.45. The van der Waals surface area contributed by atoms with Gasteiger partial charge in [-0.25, -0.2) is 14.2 Å². The third kappa shape index (κ3) is 6.08. The van der Waals surface area contributed by atoms with E-state index in [-0.39, 0.29) is 53.0 Å². The summed E-state index contributed by atoms with van der Waals surface area (Å²) in [5.41, 5.74) is 1.09. The Bertz CT molecular complexity index is 1950. The average Bonchev–Trinajstić information content (AvgIpc) is 3.49. The second-order valence-electron chi connectivity index (χ2n) is 11.8. The summed E-state index contributed by atoms with van der Waals surface area (Å²) in [6, 6.07) is 7.64. The van der Waals surface area contributed by atoms with Crippen LogP contribution in [0.1, 0.15) is 70.9 Å². The summed E-state index contributed by atoms with van der Waals surface area (Å²) in [7, 11) is -4.25. The Labute approximate surface area is 276 Å². The van der Waals surface area contributed by atoms with E-state index < -0.39 is 33.6 Å². The molecule has 2 aromatic carbocycles. The van der Waals surface area contributed by atoms with E-state index in [1.54, 1.807) is 18.2 Å². The minimum absolute atomic E-state index is 0.00577. The monoisotopic (exact) mass is 708 g/mol. The third-order valence-electron chi connectivity index (χ3n) is 8.60. The normalized spacial score (nSPS) is 21.1. The van der Waals surface area contributed by atoms with E-state index in [0.29, 0.717) is 44.0 Å². The number of amides is 1. The summed E-state index contributed by atoms with van der Waals surface area (Å²) in [6.07, 6.45) is 4.19. The number of esters is 1. The first-order valence-corrected chi connectivity index (χ1v) is 17.9. The van der Waals surface area contributed by atoms with Crippen molar-refractivity contribution in [2.75, 3.05) is 17.2 Å². The zero-order valence-electron chi connectivity index (χ0n) is 24.0. The van der Waals surface area contributed by atoms with Crippen molar-refractivity contribution < 1.29 is 36.2 Å². The van der Waals surface area contributed by atoms with Crippen LogP contribution in [0.5, 0.6) is 0 Å². The first-order valence-electron chi connectivity index (χ1n) is 14.7. The van der Waals surface area contributed by atoms with Gasteiger partial charge in [-0.2, -0.15) is 8.42 Å². The zero-order chi connectivity index (χ0) is 32.3. The molecule has 2 bridgehead atoms. The molecule has 7 rings (SSSR count).